The lowest BCUT2D eigenvalue weighted by Gasteiger charge is -2.36. The number of methoxy groups -OCH3 is 1. The topological polar surface area (TPSA) is 53.1 Å². The van der Waals surface area contributed by atoms with Crippen LogP contribution < -0.4 is 9.64 Å². The molecule has 0 atom stereocenters. The number of rotatable bonds is 5. The van der Waals surface area contributed by atoms with Crippen molar-refractivity contribution >= 4 is 23.1 Å². The molecule has 0 N–H and O–H groups in total. The predicted octanol–water partition coefficient (Wildman–Crippen LogP) is 3.23. The Kier molecular flexibility index (Phi) is 5.83. The third-order valence-electron chi connectivity index (χ3n) is 6.17. The zero-order valence-electron chi connectivity index (χ0n) is 18.6. The summed E-state index contributed by atoms with van der Waals surface area (Å²) in [5, 5.41) is 0. The molecule has 4 rings (SSSR count). The molecule has 0 bridgehead atoms. The van der Waals surface area contributed by atoms with Gasteiger partial charge in [-0.2, -0.15) is 0 Å². The van der Waals surface area contributed by atoms with Gasteiger partial charge in [0.1, 0.15) is 11.4 Å². The standard InChI is InChI=1S/C25H29N3O3/c1-5-26-12-14-27(15-13-26)23-22(19-7-9-20(31-4)10-8-19)24(29)28(25(23)30)21-11-6-17(2)16-18(21)3/h6-11,16H,5,12-15H2,1-4H3. The molecule has 0 spiro atoms. The number of amides is 2. The lowest BCUT2D eigenvalue weighted by Crippen LogP contribution is -2.47. The van der Waals surface area contributed by atoms with Crippen LogP contribution in [0.2, 0.25) is 0 Å². The monoisotopic (exact) mass is 419 g/mol. The van der Waals surface area contributed by atoms with Crippen molar-refractivity contribution in [1.82, 2.24) is 9.80 Å². The maximum Gasteiger partial charge on any atom is 0.282 e. The summed E-state index contributed by atoms with van der Waals surface area (Å²) in [7, 11) is 1.61. The van der Waals surface area contributed by atoms with Crippen LogP contribution in [-0.4, -0.2) is 61.4 Å². The number of nitrogens with zero attached hydrogens (tertiary/aromatic N) is 3. The summed E-state index contributed by atoms with van der Waals surface area (Å²) in [4.78, 5) is 33.1. The van der Waals surface area contributed by atoms with Crippen LogP contribution in [0.5, 0.6) is 5.75 Å². The van der Waals surface area contributed by atoms with Crippen LogP contribution in [0.15, 0.2) is 48.2 Å². The van der Waals surface area contributed by atoms with Gasteiger partial charge >= 0.3 is 0 Å². The van der Waals surface area contributed by atoms with Crippen molar-refractivity contribution in [3.8, 4) is 5.75 Å². The van der Waals surface area contributed by atoms with Crippen molar-refractivity contribution in [1.29, 1.82) is 0 Å². The van der Waals surface area contributed by atoms with E-state index in [4.69, 9.17) is 4.74 Å². The van der Waals surface area contributed by atoms with E-state index in [2.05, 4.69) is 16.7 Å². The average molecular weight is 420 g/mol. The van der Waals surface area contributed by atoms with E-state index in [0.29, 0.717) is 22.7 Å². The number of carbonyl (C=O) groups excluding carboxylic acids is 2. The van der Waals surface area contributed by atoms with Crippen molar-refractivity contribution in [3.05, 3.63) is 64.9 Å². The number of piperazine rings is 1. The summed E-state index contributed by atoms with van der Waals surface area (Å²) in [6.07, 6.45) is 0. The molecule has 6 nitrogen and oxygen atoms in total. The SMILES string of the molecule is CCN1CCN(C2=C(c3ccc(OC)cc3)C(=O)N(c3ccc(C)cc3C)C2=O)CC1. The van der Waals surface area contributed by atoms with Crippen molar-refractivity contribution in [2.24, 2.45) is 0 Å². The van der Waals surface area contributed by atoms with Crippen LogP contribution in [0.1, 0.15) is 23.6 Å². The molecule has 2 amide bonds. The Morgan fingerprint density at radius 1 is 0.903 bits per heavy atom. The van der Waals surface area contributed by atoms with Crippen LogP contribution >= 0.6 is 0 Å². The average Bonchev–Trinajstić information content (AvgIpc) is 3.04. The Morgan fingerprint density at radius 3 is 2.16 bits per heavy atom. The van der Waals surface area contributed by atoms with Gasteiger partial charge in [-0.3, -0.25) is 9.59 Å². The minimum Gasteiger partial charge on any atom is -0.497 e. The number of ether oxygens (including phenoxy) is 1. The van der Waals surface area contributed by atoms with Gasteiger partial charge in [0.2, 0.25) is 0 Å². The van der Waals surface area contributed by atoms with E-state index in [1.54, 1.807) is 7.11 Å². The summed E-state index contributed by atoms with van der Waals surface area (Å²) in [6, 6.07) is 13.2. The van der Waals surface area contributed by atoms with Gasteiger partial charge in [0.05, 0.1) is 18.4 Å². The lowest BCUT2D eigenvalue weighted by molar-refractivity contribution is -0.120. The molecule has 0 radical (unpaired) electrons. The van der Waals surface area contributed by atoms with Crippen molar-refractivity contribution in [2.75, 3.05) is 44.7 Å². The van der Waals surface area contributed by atoms with Gasteiger partial charge in [-0.25, -0.2) is 4.90 Å². The van der Waals surface area contributed by atoms with E-state index < -0.39 is 0 Å². The molecule has 162 valence electrons. The van der Waals surface area contributed by atoms with E-state index in [-0.39, 0.29) is 11.8 Å². The highest BCUT2D eigenvalue weighted by molar-refractivity contribution is 6.45. The van der Waals surface area contributed by atoms with Crippen molar-refractivity contribution in [3.63, 3.8) is 0 Å². The summed E-state index contributed by atoms with van der Waals surface area (Å²) < 4.78 is 5.27. The molecule has 31 heavy (non-hydrogen) atoms. The Labute approximate surface area is 183 Å². The van der Waals surface area contributed by atoms with Crippen molar-refractivity contribution in [2.45, 2.75) is 20.8 Å². The fourth-order valence-electron chi connectivity index (χ4n) is 4.39. The van der Waals surface area contributed by atoms with Gasteiger partial charge in [-0.05, 0) is 49.7 Å². The molecule has 2 aromatic carbocycles. The first-order valence-electron chi connectivity index (χ1n) is 10.8. The molecule has 0 aliphatic carbocycles. The van der Waals surface area contributed by atoms with Crippen LogP contribution in [0.25, 0.3) is 5.57 Å². The summed E-state index contributed by atoms with van der Waals surface area (Å²) in [6.45, 7) is 10.3. The Morgan fingerprint density at radius 2 is 1.58 bits per heavy atom. The number of anilines is 1. The summed E-state index contributed by atoms with van der Waals surface area (Å²) >= 11 is 0. The number of hydrogen-bond acceptors (Lipinski definition) is 5. The fraction of sp³-hybridized carbons (Fsp3) is 0.360. The zero-order valence-corrected chi connectivity index (χ0v) is 18.6. The predicted molar refractivity (Wildman–Crippen MR) is 122 cm³/mol. The number of hydrogen-bond donors (Lipinski definition) is 0. The molecule has 2 aliphatic rings. The Hall–Kier alpha value is -3.12. The molecule has 1 fully saturated rings. The molecule has 2 aromatic rings. The van der Waals surface area contributed by atoms with Crippen LogP contribution in [-0.2, 0) is 9.59 Å². The fourth-order valence-corrected chi connectivity index (χ4v) is 4.39. The van der Waals surface area contributed by atoms with Gasteiger partial charge in [-0.15, -0.1) is 0 Å². The minimum atomic E-state index is -0.268. The molecule has 0 saturated carbocycles. The minimum absolute atomic E-state index is 0.243. The van der Waals surface area contributed by atoms with Gasteiger partial charge in [0.25, 0.3) is 11.8 Å². The molecular weight excluding hydrogens is 390 g/mol. The quantitative estimate of drug-likeness (QED) is 0.697. The van der Waals surface area contributed by atoms with Crippen LogP contribution in [0.4, 0.5) is 5.69 Å². The van der Waals surface area contributed by atoms with E-state index in [1.807, 2.05) is 56.3 Å². The number of imide groups is 1. The first-order valence-corrected chi connectivity index (χ1v) is 10.8. The molecule has 2 aliphatic heterocycles. The third-order valence-corrected chi connectivity index (χ3v) is 6.17. The molecule has 2 heterocycles. The van der Waals surface area contributed by atoms with Gasteiger partial charge < -0.3 is 14.5 Å². The zero-order chi connectivity index (χ0) is 22.1. The maximum absolute atomic E-state index is 13.7. The maximum atomic E-state index is 13.7. The molecule has 6 heteroatoms. The Bertz CT molecular complexity index is 1030. The number of benzene rings is 2. The number of carbonyl (C=O) groups is 2. The highest BCUT2D eigenvalue weighted by Crippen LogP contribution is 2.37. The second kappa shape index (κ2) is 8.55. The number of likely N-dealkylation sites (N-methyl/N-ethyl adjacent to an activating group) is 1. The summed E-state index contributed by atoms with van der Waals surface area (Å²) in [5.41, 5.74) is 4.36. The normalized spacial score (nSPS) is 17.7. The van der Waals surface area contributed by atoms with E-state index in [9.17, 15) is 9.59 Å². The highest BCUT2D eigenvalue weighted by Gasteiger charge is 2.43. The smallest absolute Gasteiger partial charge is 0.282 e. The molecule has 0 unspecified atom stereocenters. The summed E-state index contributed by atoms with van der Waals surface area (Å²) in [5.74, 6) is 0.202. The first-order chi connectivity index (χ1) is 14.9. The Balaban J connectivity index is 1.79. The lowest BCUT2D eigenvalue weighted by atomic mass is 10.0. The van der Waals surface area contributed by atoms with Crippen LogP contribution in [0, 0.1) is 13.8 Å². The van der Waals surface area contributed by atoms with Gasteiger partial charge in [0.15, 0.2) is 0 Å². The van der Waals surface area contributed by atoms with Crippen LogP contribution in [0.3, 0.4) is 0 Å². The third kappa shape index (κ3) is 3.83. The number of aryl methyl sites for hydroxylation is 2. The van der Waals surface area contributed by atoms with Gasteiger partial charge in [-0.1, -0.05) is 36.8 Å². The first kappa shape index (κ1) is 21.1. The molecule has 0 aromatic heterocycles. The largest absolute Gasteiger partial charge is 0.497 e. The molecule has 1 saturated heterocycles. The van der Waals surface area contributed by atoms with E-state index in [0.717, 1.165) is 49.4 Å². The second-order valence-electron chi connectivity index (χ2n) is 8.11. The highest BCUT2D eigenvalue weighted by atomic mass is 16.5. The van der Waals surface area contributed by atoms with E-state index in [1.165, 1.54) is 4.90 Å². The van der Waals surface area contributed by atoms with Gasteiger partial charge in [0, 0.05) is 26.2 Å². The molecular formula is C25H29N3O3. The van der Waals surface area contributed by atoms with E-state index >= 15 is 0 Å². The second-order valence-corrected chi connectivity index (χ2v) is 8.11. The van der Waals surface area contributed by atoms with Crippen molar-refractivity contribution < 1.29 is 14.3 Å².